The number of aryl methyl sites for hydroxylation is 2. The van der Waals surface area contributed by atoms with Gasteiger partial charge < -0.3 is 9.53 Å². The van der Waals surface area contributed by atoms with E-state index in [-0.39, 0.29) is 0 Å². The van der Waals surface area contributed by atoms with Crippen molar-refractivity contribution in [3.05, 3.63) is 23.3 Å². The van der Waals surface area contributed by atoms with Crippen molar-refractivity contribution in [2.45, 2.75) is 31.6 Å². The number of carbonyl (C=O) groups excluding carboxylic acids is 1. The number of rotatable bonds is 5. The predicted octanol–water partition coefficient (Wildman–Crippen LogP) is 2.95. The van der Waals surface area contributed by atoms with Gasteiger partial charge in [0.2, 0.25) is 0 Å². The van der Waals surface area contributed by atoms with E-state index >= 15 is 0 Å². The number of hydrogen-bond acceptors (Lipinski definition) is 3. The van der Waals surface area contributed by atoms with Crippen LogP contribution in [0.3, 0.4) is 0 Å². The highest BCUT2D eigenvalue weighted by Crippen LogP contribution is 2.24. The summed E-state index contributed by atoms with van der Waals surface area (Å²) in [5.41, 5.74) is 2.23. The highest BCUT2D eigenvalue weighted by Gasteiger charge is 2.02. The van der Waals surface area contributed by atoms with Gasteiger partial charge >= 0.3 is 0 Å². The molecule has 0 spiro atoms. The van der Waals surface area contributed by atoms with Crippen molar-refractivity contribution in [2.75, 3.05) is 6.61 Å². The highest BCUT2D eigenvalue weighted by molar-refractivity contribution is 7.80. The lowest BCUT2D eigenvalue weighted by atomic mass is 10.1. The molecule has 0 N–H and O–H groups in total. The first-order valence-electron chi connectivity index (χ1n) is 5.02. The Morgan fingerprint density at radius 3 is 2.47 bits per heavy atom. The fourth-order valence-electron chi connectivity index (χ4n) is 1.36. The van der Waals surface area contributed by atoms with Gasteiger partial charge in [-0.15, -0.1) is 12.6 Å². The standard InChI is InChI=1S/C12H16O2S/c1-9-7-11(8-10(2)12(9)15)14-6-4-3-5-13/h5,7-8,15H,3-4,6H2,1-2H3. The maximum Gasteiger partial charge on any atom is 0.120 e. The van der Waals surface area contributed by atoms with E-state index in [0.29, 0.717) is 13.0 Å². The van der Waals surface area contributed by atoms with E-state index in [2.05, 4.69) is 12.6 Å². The molecule has 1 rings (SSSR count). The van der Waals surface area contributed by atoms with Crippen LogP contribution in [-0.2, 0) is 4.79 Å². The van der Waals surface area contributed by atoms with Gasteiger partial charge in [0.1, 0.15) is 12.0 Å². The molecule has 0 saturated heterocycles. The molecule has 0 saturated carbocycles. The number of benzene rings is 1. The van der Waals surface area contributed by atoms with Crippen LogP contribution in [0.2, 0.25) is 0 Å². The zero-order valence-electron chi connectivity index (χ0n) is 9.12. The molecule has 0 aliphatic carbocycles. The maximum absolute atomic E-state index is 10.1. The van der Waals surface area contributed by atoms with Crippen molar-refractivity contribution in [2.24, 2.45) is 0 Å². The van der Waals surface area contributed by atoms with Crippen LogP contribution in [0, 0.1) is 13.8 Å². The molecule has 3 heteroatoms. The van der Waals surface area contributed by atoms with Crippen LogP contribution < -0.4 is 4.74 Å². The number of hydrogen-bond donors (Lipinski definition) is 1. The van der Waals surface area contributed by atoms with E-state index in [9.17, 15) is 4.79 Å². The van der Waals surface area contributed by atoms with Gasteiger partial charge in [0.15, 0.2) is 0 Å². The number of thiol groups is 1. The van der Waals surface area contributed by atoms with Crippen LogP contribution >= 0.6 is 12.6 Å². The zero-order chi connectivity index (χ0) is 11.3. The summed E-state index contributed by atoms with van der Waals surface area (Å²) < 4.78 is 5.53. The van der Waals surface area contributed by atoms with Crippen molar-refractivity contribution in [3.63, 3.8) is 0 Å². The molecule has 0 aliphatic rings. The Balaban J connectivity index is 2.58. The molecule has 82 valence electrons. The molecule has 2 nitrogen and oxygen atoms in total. The third-order valence-electron chi connectivity index (χ3n) is 2.20. The molecule has 0 aliphatic heterocycles. The molecule has 0 heterocycles. The molecule has 0 amide bonds. The molecule has 0 unspecified atom stereocenters. The summed E-state index contributed by atoms with van der Waals surface area (Å²) in [7, 11) is 0. The van der Waals surface area contributed by atoms with E-state index in [1.807, 2.05) is 26.0 Å². The molecule has 1 aromatic rings. The molecule has 0 atom stereocenters. The van der Waals surface area contributed by atoms with Gasteiger partial charge in [0.25, 0.3) is 0 Å². The van der Waals surface area contributed by atoms with Gasteiger partial charge in [0, 0.05) is 11.3 Å². The summed E-state index contributed by atoms with van der Waals surface area (Å²) in [5, 5.41) is 0. The fourth-order valence-corrected chi connectivity index (χ4v) is 1.49. The SMILES string of the molecule is Cc1cc(OCCCC=O)cc(C)c1S. The Hall–Kier alpha value is -0.960. The van der Waals surface area contributed by atoms with E-state index in [1.54, 1.807) is 0 Å². The second kappa shape index (κ2) is 5.81. The zero-order valence-corrected chi connectivity index (χ0v) is 10.0. The van der Waals surface area contributed by atoms with Gasteiger partial charge in [-0.3, -0.25) is 0 Å². The molecule has 15 heavy (non-hydrogen) atoms. The lowest BCUT2D eigenvalue weighted by Gasteiger charge is -2.09. The summed E-state index contributed by atoms with van der Waals surface area (Å²) in [4.78, 5) is 11.1. The first-order chi connectivity index (χ1) is 7.15. The normalized spacial score (nSPS) is 10.1. The van der Waals surface area contributed by atoms with Gasteiger partial charge in [-0.25, -0.2) is 0 Å². The van der Waals surface area contributed by atoms with Crippen LogP contribution in [0.25, 0.3) is 0 Å². The van der Waals surface area contributed by atoms with Crippen LogP contribution in [-0.4, -0.2) is 12.9 Å². The van der Waals surface area contributed by atoms with E-state index in [4.69, 9.17) is 4.74 Å². The van der Waals surface area contributed by atoms with Crippen molar-refractivity contribution in [1.29, 1.82) is 0 Å². The van der Waals surface area contributed by atoms with Gasteiger partial charge in [-0.05, 0) is 43.5 Å². The summed E-state index contributed by atoms with van der Waals surface area (Å²) in [6.07, 6.45) is 2.24. The average Bonchev–Trinajstić information content (AvgIpc) is 2.21. The van der Waals surface area contributed by atoms with Crippen molar-refractivity contribution in [1.82, 2.24) is 0 Å². The Kier molecular flexibility index (Phi) is 4.69. The first-order valence-corrected chi connectivity index (χ1v) is 5.46. The first kappa shape index (κ1) is 12.1. The van der Waals surface area contributed by atoms with Gasteiger partial charge in [0.05, 0.1) is 6.61 Å². The van der Waals surface area contributed by atoms with Crippen molar-refractivity contribution in [3.8, 4) is 5.75 Å². The van der Waals surface area contributed by atoms with Crippen LogP contribution in [0.1, 0.15) is 24.0 Å². The molecule has 0 aromatic heterocycles. The van der Waals surface area contributed by atoms with Gasteiger partial charge in [-0.2, -0.15) is 0 Å². The maximum atomic E-state index is 10.1. The lowest BCUT2D eigenvalue weighted by molar-refractivity contribution is -0.108. The largest absolute Gasteiger partial charge is 0.494 e. The minimum absolute atomic E-state index is 0.558. The predicted molar refractivity (Wildman–Crippen MR) is 64.0 cm³/mol. The third kappa shape index (κ3) is 3.59. The van der Waals surface area contributed by atoms with E-state index in [0.717, 1.165) is 34.5 Å². The minimum atomic E-state index is 0.558. The second-order valence-electron chi connectivity index (χ2n) is 3.56. The molecule has 0 bridgehead atoms. The van der Waals surface area contributed by atoms with Crippen molar-refractivity contribution >= 4 is 18.9 Å². The molecular formula is C12H16O2S. The molecule has 0 fully saturated rings. The molecule has 0 radical (unpaired) electrons. The summed E-state index contributed by atoms with van der Waals surface area (Å²) in [5.74, 6) is 0.855. The summed E-state index contributed by atoms with van der Waals surface area (Å²) in [6, 6.07) is 3.94. The Morgan fingerprint density at radius 1 is 1.33 bits per heavy atom. The molecular weight excluding hydrogens is 208 g/mol. The molecule has 1 aromatic carbocycles. The van der Waals surface area contributed by atoms with Crippen LogP contribution in [0.5, 0.6) is 5.75 Å². The average molecular weight is 224 g/mol. The fraction of sp³-hybridized carbons (Fsp3) is 0.417. The van der Waals surface area contributed by atoms with Crippen LogP contribution in [0.4, 0.5) is 0 Å². The third-order valence-corrected chi connectivity index (χ3v) is 2.91. The number of carbonyl (C=O) groups is 1. The van der Waals surface area contributed by atoms with Crippen molar-refractivity contribution < 1.29 is 9.53 Å². The van der Waals surface area contributed by atoms with E-state index < -0.39 is 0 Å². The second-order valence-corrected chi connectivity index (χ2v) is 4.01. The number of ether oxygens (including phenoxy) is 1. The highest BCUT2D eigenvalue weighted by atomic mass is 32.1. The van der Waals surface area contributed by atoms with E-state index in [1.165, 1.54) is 0 Å². The topological polar surface area (TPSA) is 26.3 Å². The summed E-state index contributed by atoms with van der Waals surface area (Å²) >= 11 is 4.38. The number of unbranched alkanes of at least 4 members (excludes halogenated alkanes) is 1. The smallest absolute Gasteiger partial charge is 0.120 e. The minimum Gasteiger partial charge on any atom is -0.494 e. The monoisotopic (exact) mass is 224 g/mol. The van der Waals surface area contributed by atoms with Crippen LogP contribution in [0.15, 0.2) is 17.0 Å². The number of aldehydes is 1. The quantitative estimate of drug-likeness (QED) is 0.473. The Morgan fingerprint density at radius 2 is 1.93 bits per heavy atom. The Bertz CT molecular complexity index is 324. The summed E-state index contributed by atoms with van der Waals surface area (Å²) in [6.45, 7) is 4.60. The lowest BCUT2D eigenvalue weighted by Crippen LogP contribution is -1.98. The van der Waals surface area contributed by atoms with Gasteiger partial charge in [-0.1, -0.05) is 0 Å². The Labute approximate surface area is 96.1 Å².